The molecule has 0 saturated carbocycles. The van der Waals surface area contributed by atoms with Gasteiger partial charge in [0, 0.05) is 6.42 Å². The van der Waals surface area contributed by atoms with E-state index in [2.05, 4.69) is 24.2 Å². The molecule has 0 unspecified atom stereocenters. The van der Waals surface area contributed by atoms with Crippen molar-refractivity contribution in [3.05, 3.63) is 47.5 Å². The molecule has 0 aromatic heterocycles. The summed E-state index contributed by atoms with van der Waals surface area (Å²) in [5.74, 6) is -2.29. The smallest absolute Gasteiger partial charge is 0.318 e. The Kier molecular flexibility index (Phi) is 15.4. The minimum Gasteiger partial charge on any atom is -0.318 e. The van der Waals surface area contributed by atoms with Gasteiger partial charge >= 0.3 is 5.97 Å². The van der Waals surface area contributed by atoms with Crippen molar-refractivity contribution in [2.24, 2.45) is 5.16 Å². The molecule has 0 spiro atoms. The molecule has 1 aromatic rings. The summed E-state index contributed by atoms with van der Waals surface area (Å²) in [7, 11) is 0. The SMILES string of the molecule is CCCCCCC/C=C\CCCCCCCCC(=O)O/N=C/c1ccc(F)c(F)c1. The highest BCUT2D eigenvalue weighted by molar-refractivity contribution is 5.80. The van der Waals surface area contributed by atoms with Crippen LogP contribution in [0.25, 0.3) is 0 Å². The fourth-order valence-electron chi connectivity index (χ4n) is 3.12. The normalized spacial score (nSPS) is 11.6. The van der Waals surface area contributed by atoms with Gasteiger partial charge in [0.1, 0.15) is 0 Å². The Morgan fingerprint density at radius 3 is 2.10 bits per heavy atom. The van der Waals surface area contributed by atoms with E-state index in [-0.39, 0.29) is 0 Å². The number of rotatable bonds is 17. The van der Waals surface area contributed by atoms with Crippen molar-refractivity contribution >= 4 is 12.2 Å². The van der Waals surface area contributed by atoms with Crippen molar-refractivity contribution in [1.82, 2.24) is 0 Å². The lowest BCUT2D eigenvalue weighted by atomic mass is 10.1. The highest BCUT2D eigenvalue weighted by atomic mass is 19.2. The summed E-state index contributed by atoms with van der Waals surface area (Å²) in [6, 6.07) is 3.36. The molecule has 168 valence electrons. The van der Waals surface area contributed by atoms with E-state index in [9.17, 15) is 13.6 Å². The van der Waals surface area contributed by atoms with Crippen molar-refractivity contribution in [3.63, 3.8) is 0 Å². The van der Waals surface area contributed by atoms with Gasteiger partial charge in [-0.3, -0.25) is 0 Å². The molecule has 0 aliphatic rings. The molecule has 0 amide bonds. The van der Waals surface area contributed by atoms with Crippen molar-refractivity contribution in [2.75, 3.05) is 0 Å². The number of hydrogen-bond acceptors (Lipinski definition) is 3. The molecule has 0 saturated heterocycles. The van der Waals surface area contributed by atoms with Crippen molar-refractivity contribution < 1.29 is 18.4 Å². The summed E-state index contributed by atoms with van der Waals surface area (Å²) in [6.07, 6.45) is 21.8. The van der Waals surface area contributed by atoms with Crippen molar-refractivity contribution in [3.8, 4) is 0 Å². The van der Waals surface area contributed by atoms with Crippen molar-refractivity contribution in [2.45, 2.75) is 96.8 Å². The number of oxime groups is 1. The van der Waals surface area contributed by atoms with E-state index >= 15 is 0 Å². The van der Waals surface area contributed by atoms with Crippen LogP contribution in [-0.4, -0.2) is 12.2 Å². The second kappa shape index (κ2) is 17.8. The van der Waals surface area contributed by atoms with Crippen LogP contribution in [0.15, 0.2) is 35.5 Å². The molecule has 0 heterocycles. The zero-order valence-electron chi connectivity index (χ0n) is 18.4. The van der Waals surface area contributed by atoms with E-state index < -0.39 is 17.6 Å². The predicted molar refractivity (Wildman–Crippen MR) is 119 cm³/mol. The molecular weight excluding hydrogens is 384 g/mol. The van der Waals surface area contributed by atoms with Crippen LogP contribution in [-0.2, 0) is 9.63 Å². The number of carbonyl (C=O) groups excluding carboxylic acids is 1. The fourth-order valence-corrected chi connectivity index (χ4v) is 3.12. The van der Waals surface area contributed by atoms with E-state index in [4.69, 9.17) is 4.84 Å². The lowest BCUT2D eigenvalue weighted by molar-refractivity contribution is -0.143. The Morgan fingerprint density at radius 1 is 0.867 bits per heavy atom. The van der Waals surface area contributed by atoms with E-state index in [1.54, 1.807) is 0 Å². The van der Waals surface area contributed by atoms with Gasteiger partial charge in [-0.2, -0.15) is 0 Å². The maximum Gasteiger partial charge on any atom is 0.335 e. The standard InChI is InChI=1S/C25H37F2NO2/c1-2-3-4-5-6-7-8-9-10-11-12-13-14-15-16-17-25(29)30-28-21-22-18-19-23(26)24(27)20-22/h8-9,18-21H,2-7,10-17H2,1H3/b9-8-,28-21+. The quantitative estimate of drug-likeness (QED) is 0.0843. The van der Waals surface area contributed by atoms with Crippen LogP contribution in [0.2, 0.25) is 0 Å². The molecule has 3 nitrogen and oxygen atoms in total. The number of allylic oxidation sites excluding steroid dienone is 2. The van der Waals surface area contributed by atoms with Crippen LogP contribution in [0.1, 0.15) is 102 Å². The first-order valence-electron chi connectivity index (χ1n) is 11.5. The summed E-state index contributed by atoms with van der Waals surface area (Å²) in [5.41, 5.74) is 0.337. The molecule has 30 heavy (non-hydrogen) atoms. The maximum absolute atomic E-state index is 13.1. The van der Waals surface area contributed by atoms with E-state index in [1.165, 1.54) is 70.1 Å². The minimum atomic E-state index is -0.959. The van der Waals surface area contributed by atoms with Gasteiger partial charge in [0.05, 0.1) is 6.21 Å². The first kappa shape index (κ1) is 26.0. The molecule has 0 fully saturated rings. The third kappa shape index (κ3) is 14.0. The van der Waals surface area contributed by atoms with Crippen LogP contribution in [0.3, 0.4) is 0 Å². The largest absolute Gasteiger partial charge is 0.335 e. The lowest BCUT2D eigenvalue weighted by Crippen LogP contribution is -2.00. The number of unbranched alkanes of at least 4 members (excludes halogenated alkanes) is 11. The van der Waals surface area contributed by atoms with Gasteiger partial charge in [0.25, 0.3) is 0 Å². The molecule has 0 bridgehead atoms. The Bertz CT molecular complexity index is 644. The second-order valence-electron chi connectivity index (χ2n) is 7.71. The maximum atomic E-state index is 13.1. The van der Waals surface area contributed by atoms with Gasteiger partial charge in [0.2, 0.25) is 0 Å². The van der Waals surface area contributed by atoms with Gasteiger partial charge in [0.15, 0.2) is 11.6 Å². The second-order valence-corrected chi connectivity index (χ2v) is 7.71. The third-order valence-electron chi connectivity index (χ3n) is 4.94. The molecule has 0 aliphatic carbocycles. The molecule has 0 aliphatic heterocycles. The average molecular weight is 422 g/mol. The summed E-state index contributed by atoms with van der Waals surface area (Å²) in [5, 5.41) is 3.53. The third-order valence-corrected chi connectivity index (χ3v) is 4.94. The zero-order valence-corrected chi connectivity index (χ0v) is 18.4. The van der Waals surface area contributed by atoms with Gasteiger partial charge in [-0.05, 0) is 49.8 Å². The zero-order chi connectivity index (χ0) is 21.9. The van der Waals surface area contributed by atoms with Crippen LogP contribution in [0.4, 0.5) is 8.78 Å². The number of hydrogen-bond donors (Lipinski definition) is 0. The molecular formula is C25H37F2NO2. The van der Waals surface area contributed by atoms with Gasteiger partial charge in [-0.15, -0.1) is 0 Å². The van der Waals surface area contributed by atoms with Crippen molar-refractivity contribution in [1.29, 1.82) is 0 Å². The molecule has 0 radical (unpaired) electrons. The monoisotopic (exact) mass is 421 g/mol. The summed E-state index contributed by atoms with van der Waals surface area (Å²) in [6.45, 7) is 2.24. The Balaban J connectivity index is 1.92. The Hall–Kier alpha value is -2.04. The van der Waals surface area contributed by atoms with Crippen LogP contribution in [0.5, 0.6) is 0 Å². The molecule has 0 N–H and O–H groups in total. The Labute approximate surface area is 180 Å². The highest BCUT2D eigenvalue weighted by Crippen LogP contribution is 2.11. The molecule has 1 rings (SSSR count). The molecule has 0 atom stereocenters. The van der Waals surface area contributed by atoms with Gasteiger partial charge in [-0.1, -0.05) is 81.7 Å². The number of benzene rings is 1. The first-order valence-corrected chi connectivity index (χ1v) is 11.5. The summed E-state index contributed by atoms with van der Waals surface area (Å²) in [4.78, 5) is 16.4. The van der Waals surface area contributed by atoms with E-state index in [0.29, 0.717) is 12.0 Å². The first-order chi connectivity index (χ1) is 14.6. The predicted octanol–water partition coefficient (Wildman–Crippen LogP) is 7.88. The van der Waals surface area contributed by atoms with Crippen LogP contribution in [0, 0.1) is 11.6 Å². The molecule has 5 heteroatoms. The number of carbonyl (C=O) groups is 1. The Morgan fingerprint density at radius 2 is 1.47 bits per heavy atom. The fraction of sp³-hybridized carbons (Fsp3) is 0.600. The number of halogens is 2. The number of nitrogens with zero attached hydrogens (tertiary/aromatic N) is 1. The minimum absolute atomic E-state index is 0.316. The highest BCUT2D eigenvalue weighted by Gasteiger charge is 2.03. The summed E-state index contributed by atoms with van der Waals surface area (Å²) >= 11 is 0. The van der Waals surface area contributed by atoms with Gasteiger partial charge < -0.3 is 4.84 Å². The van der Waals surface area contributed by atoms with Crippen LogP contribution < -0.4 is 0 Å². The lowest BCUT2D eigenvalue weighted by Gasteiger charge is -2.01. The van der Waals surface area contributed by atoms with E-state index in [0.717, 1.165) is 37.8 Å². The molecule has 1 aromatic carbocycles. The van der Waals surface area contributed by atoms with Gasteiger partial charge in [-0.25, -0.2) is 13.6 Å². The topological polar surface area (TPSA) is 38.7 Å². The van der Waals surface area contributed by atoms with Crippen LogP contribution >= 0.6 is 0 Å². The average Bonchev–Trinajstić information content (AvgIpc) is 2.73. The summed E-state index contributed by atoms with van der Waals surface area (Å²) < 4.78 is 25.9. The van der Waals surface area contributed by atoms with E-state index in [1.807, 2.05) is 0 Å².